The average Bonchev–Trinajstić information content (AvgIpc) is 2.78. The van der Waals surface area contributed by atoms with Gasteiger partial charge >= 0.3 is 0 Å². The number of carbonyl (C=O) groups is 1. The summed E-state index contributed by atoms with van der Waals surface area (Å²) >= 11 is 0. The number of benzene rings is 3. The minimum absolute atomic E-state index is 0.0555. The first-order chi connectivity index (χ1) is 14.3. The highest BCUT2D eigenvalue weighted by Crippen LogP contribution is 2.30. The van der Waals surface area contributed by atoms with E-state index in [1.165, 1.54) is 0 Å². The third-order valence-electron chi connectivity index (χ3n) is 4.67. The molecule has 1 aliphatic rings. The lowest BCUT2D eigenvalue weighted by Gasteiger charge is -2.24. The lowest BCUT2D eigenvalue weighted by atomic mass is 10.1. The highest BCUT2D eigenvalue weighted by molar-refractivity contribution is 5.77. The van der Waals surface area contributed by atoms with Gasteiger partial charge in [0.15, 0.2) is 0 Å². The van der Waals surface area contributed by atoms with Crippen LogP contribution in [0, 0.1) is 0 Å². The van der Waals surface area contributed by atoms with Crippen LogP contribution in [0.25, 0.3) is 0 Å². The number of amides is 1. The molecule has 5 nitrogen and oxygen atoms in total. The summed E-state index contributed by atoms with van der Waals surface area (Å²) in [7, 11) is 0. The standard InChI is InChI=1S/C24H23NO4/c26-24-17-29-23(14-25-24)20-11-21(27-15-18-7-3-1-4-8-18)13-22(12-20)28-16-19-9-5-2-6-10-19/h1-13,23H,14-17H2,(H,25,26)/t23-/m0/s1. The molecule has 1 amide bonds. The fourth-order valence-corrected chi connectivity index (χ4v) is 3.13. The summed E-state index contributed by atoms with van der Waals surface area (Å²) in [5, 5.41) is 2.84. The van der Waals surface area contributed by atoms with Gasteiger partial charge < -0.3 is 19.5 Å². The molecular weight excluding hydrogens is 366 g/mol. The molecule has 0 bridgehead atoms. The van der Waals surface area contributed by atoms with Crippen LogP contribution < -0.4 is 14.8 Å². The zero-order chi connectivity index (χ0) is 19.9. The molecule has 0 radical (unpaired) electrons. The normalized spacial score (nSPS) is 16.1. The van der Waals surface area contributed by atoms with Gasteiger partial charge in [0, 0.05) is 12.6 Å². The Hall–Kier alpha value is -3.31. The summed E-state index contributed by atoms with van der Waals surface area (Å²) in [6.07, 6.45) is -0.230. The number of rotatable bonds is 7. The molecule has 0 saturated carbocycles. The van der Waals surface area contributed by atoms with Crippen LogP contribution in [0.1, 0.15) is 22.8 Å². The van der Waals surface area contributed by atoms with E-state index in [1.54, 1.807) is 0 Å². The lowest BCUT2D eigenvalue weighted by molar-refractivity contribution is -0.133. The van der Waals surface area contributed by atoms with Crippen molar-refractivity contribution in [2.45, 2.75) is 19.3 Å². The van der Waals surface area contributed by atoms with E-state index in [4.69, 9.17) is 14.2 Å². The highest BCUT2D eigenvalue weighted by Gasteiger charge is 2.21. The SMILES string of the molecule is O=C1CO[C@H](c2cc(OCc3ccccc3)cc(OCc3ccccc3)c2)CN1. The van der Waals surface area contributed by atoms with Crippen LogP contribution in [-0.2, 0) is 22.7 Å². The number of hydrogen-bond acceptors (Lipinski definition) is 4. The molecular formula is C24H23NO4. The maximum absolute atomic E-state index is 11.4. The number of morpholine rings is 1. The van der Waals surface area contributed by atoms with Gasteiger partial charge in [-0.05, 0) is 28.8 Å². The summed E-state index contributed by atoms with van der Waals surface area (Å²) in [6, 6.07) is 25.8. The molecule has 0 unspecified atom stereocenters. The Labute approximate surface area is 170 Å². The van der Waals surface area contributed by atoms with Gasteiger partial charge in [-0.3, -0.25) is 4.79 Å². The Morgan fingerprint density at radius 1 is 0.828 bits per heavy atom. The Morgan fingerprint density at radius 2 is 1.38 bits per heavy atom. The first-order valence-electron chi connectivity index (χ1n) is 9.63. The molecule has 1 fully saturated rings. The van der Waals surface area contributed by atoms with Crippen LogP contribution >= 0.6 is 0 Å². The van der Waals surface area contributed by atoms with Gasteiger partial charge in [0.2, 0.25) is 5.91 Å². The molecule has 3 aromatic carbocycles. The lowest BCUT2D eigenvalue weighted by Crippen LogP contribution is -2.38. The second-order valence-electron chi connectivity index (χ2n) is 6.89. The fourth-order valence-electron chi connectivity index (χ4n) is 3.13. The van der Waals surface area contributed by atoms with Crippen LogP contribution in [-0.4, -0.2) is 19.1 Å². The van der Waals surface area contributed by atoms with Crippen LogP contribution in [0.3, 0.4) is 0 Å². The van der Waals surface area contributed by atoms with Gasteiger partial charge in [-0.1, -0.05) is 60.7 Å². The van der Waals surface area contributed by atoms with E-state index in [-0.39, 0.29) is 18.6 Å². The Balaban J connectivity index is 1.52. The molecule has 1 aliphatic heterocycles. The summed E-state index contributed by atoms with van der Waals surface area (Å²) < 4.78 is 17.7. The molecule has 148 valence electrons. The van der Waals surface area contributed by atoms with E-state index in [0.717, 1.165) is 16.7 Å². The topological polar surface area (TPSA) is 56.8 Å². The molecule has 1 heterocycles. The second-order valence-corrected chi connectivity index (χ2v) is 6.89. The molecule has 1 atom stereocenters. The summed E-state index contributed by atoms with van der Waals surface area (Å²) in [6.45, 7) is 1.41. The zero-order valence-corrected chi connectivity index (χ0v) is 16.0. The van der Waals surface area contributed by atoms with E-state index >= 15 is 0 Å². The number of hydrogen-bond donors (Lipinski definition) is 1. The predicted octanol–water partition coefficient (Wildman–Crippen LogP) is 4.03. The van der Waals surface area contributed by atoms with E-state index in [1.807, 2.05) is 78.9 Å². The molecule has 0 spiro atoms. The molecule has 29 heavy (non-hydrogen) atoms. The third kappa shape index (κ3) is 5.36. The molecule has 4 rings (SSSR count). The number of carbonyl (C=O) groups excluding carboxylic acids is 1. The van der Waals surface area contributed by atoms with Crippen molar-refractivity contribution < 1.29 is 19.0 Å². The van der Waals surface area contributed by atoms with Crippen molar-refractivity contribution in [3.63, 3.8) is 0 Å². The molecule has 0 aromatic heterocycles. The van der Waals surface area contributed by atoms with Crippen LogP contribution in [0.2, 0.25) is 0 Å². The van der Waals surface area contributed by atoms with Gasteiger partial charge in [0.1, 0.15) is 37.4 Å². The smallest absolute Gasteiger partial charge is 0.246 e. The highest BCUT2D eigenvalue weighted by atomic mass is 16.5. The monoisotopic (exact) mass is 389 g/mol. The Morgan fingerprint density at radius 3 is 1.86 bits per heavy atom. The van der Waals surface area contributed by atoms with E-state index in [0.29, 0.717) is 31.3 Å². The van der Waals surface area contributed by atoms with Crippen LogP contribution in [0.4, 0.5) is 0 Å². The maximum Gasteiger partial charge on any atom is 0.246 e. The van der Waals surface area contributed by atoms with Crippen molar-refractivity contribution in [1.82, 2.24) is 5.32 Å². The van der Waals surface area contributed by atoms with Gasteiger partial charge in [-0.2, -0.15) is 0 Å². The predicted molar refractivity (Wildman–Crippen MR) is 110 cm³/mol. The van der Waals surface area contributed by atoms with Crippen molar-refractivity contribution in [3.05, 3.63) is 95.6 Å². The largest absolute Gasteiger partial charge is 0.489 e. The molecule has 0 aliphatic carbocycles. The zero-order valence-electron chi connectivity index (χ0n) is 16.0. The molecule has 5 heteroatoms. The van der Waals surface area contributed by atoms with Crippen molar-refractivity contribution in [2.24, 2.45) is 0 Å². The molecule has 1 saturated heterocycles. The van der Waals surface area contributed by atoms with Gasteiger partial charge in [-0.25, -0.2) is 0 Å². The van der Waals surface area contributed by atoms with Crippen molar-refractivity contribution >= 4 is 5.91 Å². The van der Waals surface area contributed by atoms with Gasteiger partial charge in [0.05, 0.1) is 0 Å². The third-order valence-corrected chi connectivity index (χ3v) is 4.67. The van der Waals surface area contributed by atoms with Crippen molar-refractivity contribution in [1.29, 1.82) is 0 Å². The first kappa shape index (κ1) is 19.0. The van der Waals surface area contributed by atoms with E-state index in [2.05, 4.69) is 5.32 Å². The number of ether oxygens (including phenoxy) is 3. The minimum Gasteiger partial charge on any atom is -0.489 e. The summed E-state index contributed by atoms with van der Waals surface area (Å²) in [5.74, 6) is 1.31. The average molecular weight is 389 g/mol. The van der Waals surface area contributed by atoms with Gasteiger partial charge in [-0.15, -0.1) is 0 Å². The van der Waals surface area contributed by atoms with Crippen LogP contribution in [0.5, 0.6) is 11.5 Å². The second kappa shape index (κ2) is 9.26. The van der Waals surface area contributed by atoms with Crippen LogP contribution in [0.15, 0.2) is 78.9 Å². The van der Waals surface area contributed by atoms with Crippen molar-refractivity contribution in [3.8, 4) is 11.5 Å². The van der Waals surface area contributed by atoms with Crippen molar-refractivity contribution in [2.75, 3.05) is 13.2 Å². The Kier molecular flexibility index (Phi) is 6.07. The first-order valence-corrected chi connectivity index (χ1v) is 9.63. The minimum atomic E-state index is -0.230. The Bertz CT molecular complexity index is 872. The maximum atomic E-state index is 11.4. The number of nitrogens with one attached hydrogen (secondary N) is 1. The summed E-state index contributed by atoms with van der Waals surface area (Å²) in [4.78, 5) is 11.4. The summed E-state index contributed by atoms with van der Waals surface area (Å²) in [5.41, 5.74) is 3.09. The fraction of sp³-hybridized carbons (Fsp3) is 0.208. The van der Waals surface area contributed by atoms with E-state index < -0.39 is 0 Å². The van der Waals surface area contributed by atoms with E-state index in [9.17, 15) is 4.79 Å². The van der Waals surface area contributed by atoms with Gasteiger partial charge in [0.25, 0.3) is 0 Å². The molecule has 1 N–H and O–H groups in total. The molecule has 3 aromatic rings. The quantitative estimate of drug-likeness (QED) is 0.663.